The molecule has 50 heavy (non-hydrogen) atoms. The maximum atomic E-state index is 13.0. The van der Waals surface area contributed by atoms with E-state index in [1.54, 1.807) is 64.8 Å². The summed E-state index contributed by atoms with van der Waals surface area (Å²) in [5, 5.41) is 9.32. The van der Waals surface area contributed by atoms with Crippen molar-refractivity contribution in [1.29, 1.82) is 0 Å². The maximum absolute atomic E-state index is 13.0. The molecule has 0 radical (unpaired) electrons. The molecule has 0 spiro atoms. The molecule has 6 aromatic rings. The smallest absolute Gasteiger partial charge is 0.274 e. The molecule has 12 nitrogen and oxygen atoms in total. The number of rotatable bonds is 2. The van der Waals surface area contributed by atoms with Crippen molar-refractivity contribution in [2.24, 2.45) is 0 Å². The average Bonchev–Trinajstić information content (AvgIpc) is 3.88. The van der Waals surface area contributed by atoms with Gasteiger partial charge in [-0.1, -0.05) is 11.6 Å². The lowest BCUT2D eigenvalue weighted by atomic mass is 10.0. The highest BCUT2D eigenvalue weighted by Crippen LogP contribution is 2.33. The van der Waals surface area contributed by atoms with Gasteiger partial charge in [0.2, 0.25) is 11.8 Å². The fourth-order valence-electron chi connectivity index (χ4n) is 7.03. The Morgan fingerprint density at radius 3 is 1.64 bits per heavy atom. The lowest BCUT2D eigenvalue weighted by molar-refractivity contribution is 0.0652. The van der Waals surface area contributed by atoms with Crippen LogP contribution < -0.4 is 0 Å². The van der Waals surface area contributed by atoms with Crippen molar-refractivity contribution in [1.82, 2.24) is 38.2 Å². The molecule has 2 unspecified atom stereocenters. The van der Waals surface area contributed by atoms with E-state index in [0.29, 0.717) is 29.5 Å². The minimum absolute atomic E-state index is 0.0417. The Morgan fingerprint density at radius 1 is 0.700 bits per heavy atom. The predicted octanol–water partition coefficient (Wildman–Crippen LogP) is 6.53. The van der Waals surface area contributed by atoms with Crippen molar-refractivity contribution in [2.45, 2.75) is 52.6 Å². The van der Waals surface area contributed by atoms with E-state index in [9.17, 15) is 19.2 Å². The van der Waals surface area contributed by atoms with E-state index in [4.69, 9.17) is 11.6 Å². The summed E-state index contributed by atoms with van der Waals surface area (Å²) in [6.45, 7) is 8.19. The second-order valence-electron chi connectivity index (χ2n) is 12.6. The number of carbonyl (C=O) groups is 4. The van der Waals surface area contributed by atoms with E-state index >= 15 is 0 Å². The number of pyridine rings is 2. The third-order valence-electron chi connectivity index (χ3n) is 9.48. The van der Waals surface area contributed by atoms with Crippen molar-refractivity contribution < 1.29 is 19.2 Å². The number of aromatic nitrogens is 6. The molecule has 2 amide bonds. The number of hydrogen-bond donors (Lipinski definition) is 0. The number of fused-ring (bicyclic) bond motifs is 4. The minimum Gasteiger partial charge on any atom is -0.329 e. The van der Waals surface area contributed by atoms with Gasteiger partial charge in [-0.2, -0.15) is 10.2 Å². The summed E-state index contributed by atoms with van der Waals surface area (Å²) in [4.78, 5) is 53.3. The summed E-state index contributed by atoms with van der Waals surface area (Å²) in [6, 6.07) is 14.5. The minimum atomic E-state index is -0.191. The molecule has 6 aromatic heterocycles. The Labute approximate surface area is 300 Å². The summed E-state index contributed by atoms with van der Waals surface area (Å²) in [6.07, 6.45) is 8.54. The third-order valence-corrected chi connectivity index (χ3v) is 10.2. The number of amides is 2. The zero-order valence-corrected chi connectivity index (χ0v) is 30.2. The predicted molar refractivity (Wildman–Crippen MR) is 191 cm³/mol. The van der Waals surface area contributed by atoms with Gasteiger partial charge in [-0.15, -0.1) is 0 Å². The Kier molecular flexibility index (Phi) is 8.73. The SMILES string of the molecule is CC(=O)n1ccc2c1C(C)N(C(=O)c1cc3ccc(Br)cn3n1)CC2.CC(=O)n1ccc2c1C(C)N(C(=O)c1cc3ccc(Cl)cn3n1)CC2. The molecular formula is C36H34BrClN8O4. The highest BCUT2D eigenvalue weighted by atomic mass is 79.9. The Balaban J connectivity index is 0.000000157. The molecule has 8 rings (SSSR count). The molecule has 0 aromatic carbocycles. The number of nitrogens with zero attached hydrogens (tertiary/aromatic N) is 8. The van der Waals surface area contributed by atoms with Gasteiger partial charge < -0.3 is 9.80 Å². The van der Waals surface area contributed by atoms with Gasteiger partial charge in [0.25, 0.3) is 11.8 Å². The van der Waals surface area contributed by atoms with Gasteiger partial charge in [0.15, 0.2) is 11.4 Å². The molecule has 0 saturated carbocycles. The van der Waals surface area contributed by atoms with Gasteiger partial charge in [0.1, 0.15) is 0 Å². The number of hydrogen-bond acceptors (Lipinski definition) is 6. The van der Waals surface area contributed by atoms with Crippen molar-refractivity contribution in [2.75, 3.05) is 13.1 Å². The zero-order chi connectivity index (χ0) is 35.4. The van der Waals surface area contributed by atoms with E-state index in [2.05, 4.69) is 26.1 Å². The van der Waals surface area contributed by atoms with Crippen LogP contribution in [0.5, 0.6) is 0 Å². The van der Waals surface area contributed by atoms with Gasteiger partial charge in [-0.25, -0.2) is 9.03 Å². The number of halogens is 2. The molecule has 2 atom stereocenters. The van der Waals surface area contributed by atoms with Crippen molar-refractivity contribution >= 4 is 62.2 Å². The quantitative estimate of drug-likeness (QED) is 0.198. The topological polar surface area (TPSA) is 119 Å². The first-order valence-corrected chi connectivity index (χ1v) is 17.4. The molecule has 2 aliphatic heterocycles. The maximum Gasteiger partial charge on any atom is 0.274 e. The Bertz CT molecular complexity index is 2170. The van der Waals surface area contributed by atoms with Crippen LogP contribution in [0, 0.1) is 0 Å². The highest BCUT2D eigenvalue weighted by molar-refractivity contribution is 9.10. The summed E-state index contributed by atoms with van der Waals surface area (Å²) in [7, 11) is 0. The van der Waals surface area contributed by atoms with Crippen LogP contribution >= 0.6 is 27.5 Å². The van der Waals surface area contributed by atoms with E-state index in [-0.39, 0.29) is 35.7 Å². The molecule has 0 N–H and O–H groups in total. The highest BCUT2D eigenvalue weighted by Gasteiger charge is 2.34. The Morgan fingerprint density at radius 2 is 1.16 bits per heavy atom. The molecule has 0 aliphatic carbocycles. The fraction of sp³-hybridized carbons (Fsp3) is 0.278. The van der Waals surface area contributed by atoms with Crippen LogP contribution in [-0.2, 0) is 12.8 Å². The van der Waals surface area contributed by atoms with Crippen LogP contribution in [0.1, 0.15) is 92.9 Å². The lowest BCUT2D eigenvalue weighted by Gasteiger charge is -2.34. The summed E-state index contributed by atoms with van der Waals surface area (Å²) in [5.74, 6) is -0.353. The van der Waals surface area contributed by atoms with Crippen LogP contribution in [0.3, 0.4) is 0 Å². The monoisotopic (exact) mass is 756 g/mol. The summed E-state index contributed by atoms with van der Waals surface area (Å²) < 4.78 is 7.46. The average molecular weight is 758 g/mol. The first-order chi connectivity index (χ1) is 23.9. The van der Waals surface area contributed by atoms with Crippen LogP contribution in [0.15, 0.2) is 77.8 Å². The van der Waals surface area contributed by atoms with Gasteiger partial charge in [0, 0.05) is 56.2 Å². The van der Waals surface area contributed by atoms with E-state index < -0.39 is 0 Å². The molecule has 14 heteroatoms. The number of carbonyl (C=O) groups excluding carboxylic acids is 4. The van der Waals surface area contributed by atoms with Crippen LogP contribution in [0.25, 0.3) is 11.0 Å². The largest absolute Gasteiger partial charge is 0.329 e. The van der Waals surface area contributed by atoms with Gasteiger partial charge in [0.05, 0.1) is 39.5 Å². The van der Waals surface area contributed by atoms with Crippen molar-refractivity contribution in [3.63, 3.8) is 0 Å². The first-order valence-electron chi connectivity index (χ1n) is 16.2. The fourth-order valence-corrected chi connectivity index (χ4v) is 7.51. The standard InChI is InChI=1S/C18H17BrN4O2.C18H17ClN4O2/c2*1-11-17-13(6-8-22(17)12(2)24)5-7-21(11)18(25)16-9-15-4-3-14(19)10-23(15)20-16/h2*3-4,6,8-11H,5,7H2,1-2H3. The summed E-state index contributed by atoms with van der Waals surface area (Å²) in [5.41, 5.74) is 6.50. The summed E-state index contributed by atoms with van der Waals surface area (Å²) >= 11 is 9.39. The first kappa shape index (κ1) is 33.5. The van der Waals surface area contributed by atoms with Crippen LogP contribution in [-0.4, -0.2) is 74.9 Å². The normalized spacial score (nSPS) is 16.9. The molecule has 0 bridgehead atoms. The Hall–Kier alpha value is -5.01. The van der Waals surface area contributed by atoms with E-state index in [1.807, 2.05) is 50.4 Å². The third kappa shape index (κ3) is 5.94. The van der Waals surface area contributed by atoms with Crippen molar-refractivity contribution in [3.05, 3.63) is 117 Å². The molecule has 256 valence electrons. The van der Waals surface area contributed by atoms with E-state index in [0.717, 1.165) is 50.9 Å². The zero-order valence-electron chi connectivity index (χ0n) is 27.9. The van der Waals surface area contributed by atoms with Gasteiger partial charge in [-0.05, 0) is 102 Å². The van der Waals surface area contributed by atoms with Gasteiger partial charge in [-0.3, -0.25) is 28.3 Å². The molecule has 8 heterocycles. The second kappa shape index (κ2) is 13.0. The molecule has 0 saturated heterocycles. The van der Waals surface area contributed by atoms with Crippen LogP contribution in [0.2, 0.25) is 5.02 Å². The van der Waals surface area contributed by atoms with E-state index in [1.165, 1.54) is 13.8 Å². The van der Waals surface area contributed by atoms with Crippen LogP contribution in [0.4, 0.5) is 0 Å². The molecule has 0 fully saturated rings. The lowest BCUT2D eigenvalue weighted by Crippen LogP contribution is -2.40. The van der Waals surface area contributed by atoms with Crippen molar-refractivity contribution in [3.8, 4) is 0 Å². The molecule has 2 aliphatic rings. The van der Waals surface area contributed by atoms with Gasteiger partial charge >= 0.3 is 0 Å². The molecular weight excluding hydrogens is 724 g/mol. The second-order valence-corrected chi connectivity index (χ2v) is 13.9.